The van der Waals surface area contributed by atoms with Gasteiger partial charge in [-0.25, -0.2) is 13.2 Å². The predicted molar refractivity (Wildman–Crippen MR) is 239 cm³/mol. The highest BCUT2D eigenvalue weighted by Crippen LogP contribution is 2.55. The van der Waals surface area contributed by atoms with E-state index in [4.69, 9.17) is 23.0 Å². The molecule has 0 bridgehead atoms. The highest BCUT2D eigenvalue weighted by molar-refractivity contribution is 6.04. The Hall–Kier alpha value is -5.67. The number of halogens is 9. The molecule has 2 aromatic carbocycles. The lowest BCUT2D eigenvalue weighted by molar-refractivity contribution is -0.131. The van der Waals surface area contributed by atoms with Crippen LogP contribution in [0.1, 0.15) is 104 Å². The van der Waals surface area contributed by atoms with Crippen LogP contribution in [0.2, 0.25) is 0 Å². The molecule has 3 saturated heterocycles. The van der Waals surface area contributed by atoms with Gasteiger partial charge < -0.3 is 43.5 Å². The molecule has 3 aliphatic heterocycles. The van der Waals surface area contributed by atoms with E-state index in [2.05, 4.69) is 20.6 Å². The lowest BCUT2D eigenvalue weighted by Crippen LogP contribution is -2.57. The molecule has 11 rings (SSSR count). The second-order valence-electron chi connectivity index (χ2n) is 19.7. The summed E-state index contributed by atoms with van der Waals surface area (Å²) in [5.41, 5.74) is -1.30. The number of fused-ring (bicyclic) bond motifs is 2. The predicted octanol–water partition coefficient (Wildman–Crippen LogP) is 10.9. The van der Waals surface area contributed by atoms with Crippen molar-refractivity contribution in [3.63, 3.8) is 0 Å². The van der Waals surface area contributed by atoms with Crippen LogP contribution in [0.5, 0.6) is 11.5 Å². The Morgan fingerprint density at radius 2 is 1.24 bits per heavy atom. The Balaban J connectivity index is 0.000000171. The molecule has 4 aromatic rings. The van der Waals surface area contributed by atoms with Gasteiger partial charge in [-0.1, -0.05) is 13.8 Å². The number of amides is 2. The number of anilines is 4. The molecule has 4 aliphatic carbocycles. The van der Waals surface area contributed by atoms with Crippen molar-refractivity contribution in [3.05, 3.63) is 70.7 Å². The van der Waals surface area contributed by atoms with Gasteiger partial charge in [0.15, 0.2) is 40.3 Å². The average molecular weight is 1010 g/mol. The zero-order valence-corrected chi connectivity index (χ0v) is 39.1. The van der Waals surface area contributed by atoms with Crippen molar-refractivity contribution in [2.45, 2.75) is 103 Å². The van der Waals surface area contributed by atoms with Gasteiger partial charge in [0.25, 0.3) is 23.8 Å². The Morgan fingerprint density at radius 1 is 0.718 bits per heavy atom. The third-order valence-corrected chi connectivity index (χ3v) is 14.2. The maximum Gasteiger partial charge on any atom is 0.396 e. The fraction of sp³-hybridized carbons (Fsp3) is 0.592. The van der Waals surface area contributed by atoms with E-state index in [0.717, 1.165) is 81.4 Å². The second-order valence-corrected chi connectivity index (χ2v) is 19.7. The zero-order valence-electron chi connectivity index (χ0n) is 39.1. The molecule has 22 heteroatoms. The van der Waals surface area contributed by atoms with Crippen LogP contribution < -0.4 is 29.9 Å². The first-order chi connectivity index (χ1) is 33.8. The first-order valence-electron chi connectivity index (χ1n) is 24.2. The van der Waals surface area contributed by atoms with Crippen molar-refractivity contribution < 1.29 is 72.1 Å². The summed E-state index contributed by atoms with van der Waals surface area (Å²) in [6.45, 7) is 7.79. The van der Waals surface area contributed by atoms with Gasteiger partial charge >= 0.3 is 12.4 Å². The smallest absolute Gasteiger partial charge is 0.396 e. The molecule has 4 atom stereocenters. The number of alkyl halides is 6. The highest BCUT2D eigenvalue weighted by atomic mass is 19.4. The van der Waals surface area contributed by atoms with Crippen LogP contribution in [0.25, 0.3) is 0 Å². The summed E-state index contributed by atoms with van der Waals surface area (Å²) in [7, 11) is 0. The summed E-state index contributed by atoms with van der Waals surface area (Å²) in [4.78, 5) is 36.9. The maximum atomic E-state index is 14.6. The minimum Gasteiger partial charge on any atom is -0.490 e. The number of ether oxygens (including phenoxy) is 3. The van der Waals surface area contributed by atoms with E-state index in [-0.39, 0.29) is 40.7 Å². The van der Waals surface area contributed by atoms with Gasteiger partial charge in [0.05, 0.1) is 19.3 Å². The monoisotopic (exact) mass is 1010 g/mol. The fourth-order valence-electron chi connectivity index (χ4n) is 10.5. The average Bonchev–Trinajstić information content (AvgIpc) is 3.79. The van der Waals surface area contributed by atoms with Gasteiger partial charge in [0.1, 0.15) is 24.4 Å². The van der Waals surface area contributed by atoms with E-state index in [0.29, 0.717) is 63.8 Å². The van der Waals surface area contributed by atoms with Crippen molar-refractivity contribution in [2.75, 3.05) is 66.4 Å². The Bertz CT molecular complexity index is 2520. The van der Waals surface area contributed by atoms with Crippen molar-refractivity contribution in [1.82, 2.24) is 9.97 Å². The molecular weight excluding hydrogens is 956 g/mol. The summed E-state index contributed by atoms with van der Waals surface area (Å²) in [6, 6.07) is 5.59. The molecule has 71 heavy (non-hydrogen) atoms. The van der Waals surface area contributed by atoms with Gasteiger partial charge in [0, 0.05) is 67.8 Å². The zero-order chi connectivity index (χ0) is 50.4. The molecule has 1 spiro atoms. The molecule has 13 nitrogen and oxygen atoms in total. The normalized spacial score (nSPS) is 24.5. The SMILES string of the molecule is CC.O=C(Nc1cc(F)c(OC2CC3CC3C2)c(F)c1)c1nc(N2CC3(CCOC3)C2)oc1CC(F)(F)F.O=C(Nc1ccc(OCC2CC3CC3C2)c(F)c1)c1nc(N2CCCC2)oc1CC(F)(F)F. The molecule has 4 saturated carbocycles. The number of rotatable bonds is 13. The van der Waals surface area contributed by atoms with Gasteiger partial charge in [-0.2, -0.15) is 36.3 Å². The van der Waals surface area contributed by atoms with Gasteiger partial charge in [-0.15, -0.1) is 0 Å². The number of nitrogens with one attached hydrogen (secondary N) is 2. The van der Waals surface area contributed by atoms with Crippen LogP contribution in [-0.2, 0) is 17.6 Å². The third kappa shape index (κ3) is 12.0. The number of hydrogen-bond acceptors (Lipinski definition) is 11. The number of benzene rings is 2. The van der Waals surface area contributed by atoms with Crippen molar-refractivity contribution in [3.8, 4) is 11.5 Å². The molecule has 2 aromatic heterocycles. The van der Waals surface area contributed by atoms with Gasteiger partial charge in [-0.3, -0.25) is 9.59 Å². The van der Waals surface area contributed by atoms with Crippen LogP contribution in [0.15, 0.2) is 39.2 Å². The highest BCUT2D eigenvalue weighted by Gasteiger charge is 2.49. The van der Waals surface area contributed by atoms with Crippen molar-refractivity contribution in [1.29, 1.82) is 0 Å². The standard InChI is InChI=1S/C24H24F5N3O4.C23H25F4N3O3.C2H6/c25-16-6-14(7-17(26)20(16)35-15-4-12-3-13(12)5-15)30-21(33)19-18(8-24(27,28)29)36-22(31-19)32-9-23(10-32)1-2-34-11-23;24-17-10-16(3-4-18(17)32-12-13-7-14-9-15(14)8-13)28-21(31)20-19(11-23(25,26)27)33-22(29-20)30-5-1-2-6-30;1-2/h6-7,12-13,15H,1-5,8-11H2,(H,30,33);3-4,10,13-15H,1-2,5-9,11-12H2,(H,28,31);1-2H3. The molecule has 2 N–H and O–H groups in total. The van der Waals surface area contributed by atoms with E-state index in [1.54, 1.807) is 9.80 Å². The van der Waals surface area contributed by atoms with E-state index >= 15 is 0 Å². The van der Waals surface area contributed by atoms with Crippen molar-refractivity contribution in [2.24, 2.45) is 35.0 Å². The van der Waals surface area contributed by atoms with E-state index in [1.807, 2.05) is 13.8 Å². The Morgan fingerprint density at radius 3 is 1.76 bits per heavy atom. The summed E-state index contributed by atoms with van der Waals surface area (Å²) in [5.74, 6) is -3.09. The first kappa shape index (κ1) is 50.3. The lowest BCUT2D eigenvalue weighted by atomic mass is 9.80. The van der Waals surface area contributed by atoms with E-state index in [1.165, 1.54) is 18.6 Å². The minimum atomic E-state index is -4.65. The lowest BCUT2D eigenvalue weighted by Gasteiger charge is -2.46. The quantitative estimate of drug-likeness (QED) is 0.124. The molecular formula is C49H55F9N6O7. The summed E-state index contributed by atoms with van der Waals surface area (Å²) in [5, 5.41) is 4.66. The molecule has 386 valence electrons. The van der Waals surface area contributed by atoms with E-state index in [9.17, 15) is 49.1 Å². The third-order valence-electron chi connectivity index (χ3n) is 14.2. The minimum absolute atomic E-state index is 0.00335. The van der Waals surface area contributed by atoms with Crippen LogP contribution in [-0.4, -0.2) is 86.2 Å². The Labute approximate surface area is 403 Å². The second kappa shape index (κ2) is 20.1. The van der Waals surface area contributed by atoms with Crippen LogP contribution in [0, 0.1) is 52.5 Å². The largest absolute Gasteiger partial charge is 0.490 e. The number of nitrogens with zero attached hydrogens (tertiary/aromatic N) is 4. The van der Waals surface area contributed by atoms with Crippen LogP contribution >= 0.6 is 0 Å². The van der Waals surface area contributed by atoms with E-state index < -0.39 is 83.1 Å². The molecule has 7 fully saturated rings. The number of hydrogen-bond donors (Lipinski definition) is 2. The molecule has 2 amide bonds. The summed E-state index contributed by atoms with van der Waals surface area (Å²) < 4.78 is 149. The molecule has 5 heterocycles. The maximum absolute atomic E-state index is 14.6. The Kier molecular flexibility index (Phi) is 14.2. The summed E-state index contributed by atoms with van der Waals surface area (Å²) in [6.07, 6.45) is -3.66. The van der Waals surface area contributed by atoms with Crippen LogP contribution in [0.4, 0.5) is 62.9 Å². The first-order valence-corrected chi connectivity index (χ1v) is 24.2. The molecule has 4 unspecified atom stereocenters. The number of carbonyl (C=O) groups excluding carboxylic acids is 2. The fourth-order valence-corrected chi connectivity index (χ4v) is 10.5. The number of oxazole rings is 2. The summed E-state index contributed by atoms with van der Waals surface area (Å²) >= 11 is 0. The van der Waals surface area contributed by atoms with Crippen LogP contribution in [0.3, 0.4) is 0 Å². The topological polar surface area (TPSA) is 144 Å². The van der Waals surface area contributed by atoms with Gasteiger partial charge in [0.2, 0.25) is 0 Å². The molecule has 0 radical (unpaired) electrons. The number of carbonyl (C=O) groups is 2. The van der Waals surface area contributed by atoms with Gasteiger partial charge in [-0.05, 0) is 99.5 Å². The molecule has 7 aliphatic rings. The number of aromatic nitrogens is 2. The van der Waals surface area contributed by atoms with Crippen molar-refractivity contribution >= 4 is 35.2 Å².